The van der Waals surface area contributed by atoms with Crippen LogP contribution in [0.4, 0.5) is 0 Å². The van der Waals surface area contributed by atoms with E-state index in [0.717, 1.165) is 38.4 Å². The molecule has 2 rings (SSSR count). The van der Waals surface area contributed by atoms with E-state index in [2.05, 4.69) is 25.2 Å². The molecular weight excluding hydrogens is 202 g/mol. The van der Waals surface area contributed by atoms with Crippen LogP contribution in [0, 0.1) is 5.92 Å². The highest BCUT2D eigenvalue weighted by Gasteiger charge is 2.35. The lowest BCUT2D eigenvalue weighted by Gasteiger charge is -2.27. The van der Waals surface area contributed by atoms with Gasteiger partial charge in [-0.3, -0.25) is 0 Å². The van der Waals surface area contributed by atoms with E-state index in [1.54, 1.807) is 0 Å². The van der Waals surface area contributed by atoms with Gasteiger partial charge in [0.25, 0.3) is 0 Å². The molecule has 3 nitrogen and oxygen atoms in total. The monoisotopic (exact) mass is 225 g/mol. The smallest absolute Gasteiger partial charge is 0.112 e. The maximum atomic E-state index is 5.85. The second-order valence-electron chi connectivity index (χ2n) is 4.78. The number of ether oxygens (including phenoxy) is 2. The molecule has 2 aliphatic heterocycles. The molecule has 1 fully saturated rings. The van der Waals surface area contributed by atoms with Gasteiger partial charge in [0.05, 0.1) is 18.8 Å². The van der Waals surface area contributed by atoms with Gasteiger partial charge in [0.2, 0.25) is 0 Å². The molecule has 0 aromatic heterocycles. The first-order chi connectivity index (χ1) is 7.83. The van der Waals surface area contributed by atoms with Crippen molar-refractivity contribution in [3.8, 4) is 0 Å². The van der Waals surface area contributed by atoms with Gasteiger partial charge in [-0.1, -0.05) is 13.8 Å². The topological polar surface area (TPSA) is 30.5 Å². The second-order valence-corrected chi connectivity index (χ2v) is 4.78. The van der Waals surface area contributed by atoms with Crippen molar-refractivity contribution in [1.29, 1.82) is 0 Å². The van der Waals surface area contributed by atoms with E-state index in [0.29, 0.717) is 5.92 Å². The van der Waals surface area contributed by atoms with Crippen molar-refractivity contribution >= 4 is 0 Å². The Morgan fingerprint density at radius 3 is 2.94 bits per heavy atom. The average Bonchev–Trinajstić information content (AvgIpc) is 2.91. The van der Waals surface area contributed by atoms with E-state index in [4.69, 9.17) is 9.47 Å². The largest absolute Gasteiger partial charge is 0.496 e. The van der Waals surface area contributed by atoms with Crippen LogP contribution in [0.15, 0.2) is 11.8 Å². The Bertz CT molecular complexity index is 252. The van der Waals surface area contributed by atoms with Gasteiger partial charge in [-0.05, 0) is 31.4 Å². The molecule has 3 unspecified atom stereocenters. The Morgan fingerprint density at radius 2 is 2.38 bits per heavy atom. The van der Waals surface area contributed by atoms with Gasteiger partial charge in [0.15, 0.2) is 0 Å². The van der Waals surface area contributed by atoms with Crippen molar-refractivity contribution in [3.05, 3.63) is 11.8 Å². The lowest BCUT2D eigenvalue weighted by Crippen LogP contribution is -2.44. The van der Waals surface area contributed by atoms with Crippen LogP contribution < -0.4 is 5.32 Å². The predicted octanol–water partition coefficient (Wildman–Crippen LogP) is 2.08. The molecule has 0 aromatic rings. The van der Waals surface area contributed by atoms with Gasteiger partial charge in [0.1, 0.15) is 5.76 Å². The average molecular weight is 225 g/mol. The third-order valence-electron chi connectivity index (χ3n) is 3.43. The third-order valence-corrected chi connectivity index (χ3v) is 3.43. The summed E-state index contributed by atoms with van der Waals surface area (Å²) in [6, 6.07) is 0.264. The molecule has 3 atom stereocenters. The van der Waals surface area contributed by atoms with Gasteiger partial charge in [-0.2, -0.15) is 0 Å². The van der Waals surface area contributed by atoms with E-state index in [1.165, 1.54) is 6.42 Å². The predicted molar refractivity (Wildman–Crippen MR) is 64.3 cm³/mol. The molecule has 3 heteroatoms. The van der Waals surface area contributed by atoms with E-state index in [-0.39, 0.29) is 12.1 Å². The Balaban J connectivity index is 2.01. The van der Waals surface area contributed by atoms with Gasteiger partial charge in [-0.25, -0.2) is 0 Å². The third kappa shape index (κ3) is 2.58. The highest BCUT2D eigenvalue weighted by Crippen LogP contribution is 2.28. The molecule has 0 spiro atoms. The summed E-state index contributed by atoms with van der Waals surface area (Å²) in [7, 11) is 0. The Labute approximate surface area is 98.2 Å². The van der Waals surface area contributed by atoms with Crippen LogP contribution in [-0.2, 0) is 9.47 Å². The summed E-state index contributed by atoms with van der Waals surface area (Å²) >= 11 is 0. The molecule has 1 N–H and O–H groups in total. The van der Waals surface area contributed by atoms with Crippen LogP contribution in [-0.4, -0.2) is 31.9 Å². The van der Waals surface area contributed by atoms with Crippen molar-refractivity contribution in [2.45, 2.75) is 45.3 Å². The molecule has 92 valence electrons. The van der Waals surface area contributed by atoms with E-state index in [1.807, 2.05) is 0 Å². The fraction of sp³-hybridized carbons (Fsp3) is 0.846. The Morgan fingerprint density at radius 1 is 1.50 bits per heavy atom. The second kappa shape index (κ2) is 5.69. The SMILES string of the molecule is CCCNC(C1=CCCO1)C1OCCC1C. The Hall–Kier alpha value is -0.540. The van der Waals surface area contributed by atoms with Crippen molar-refractivity contribution in [2.75, 3.05) is 19.8 Å². The molecule has 0 saturated carbocycles. The van der Waals surface area contributed by atoms with Gasteiger partial charge in [-0.15, -0.1) is 0 Å². The first kappa shape index (κ1) is 11.9. The standard InChI is InChI=1S/C13H23NO2/c1-3-7-14-12(11-5-4-8-15-11)13-10(2)6-9-16-13/h5,10,12-14H,3-4,6-9H2,1-2H3. The summed E-state index contributed by atoms with van der Waals surface area (Å²) in [6.45, 7) is 7.21. The van der Waals surface area contributed by atoms with Crippen LogP contribution in [0.1, 0.15) is 33.1 Å². The molecule has 0 amide bonds. The van der Waals surface area contributed by atoms with Crippen molar-refractivity contribution in [2.24, 2.45) is 5.92 Å². The van der Waals surface area contributed by atoms with E-state index < -0.39 is 0 Å². The van der Waals surface area contributed by atoms with Gasteiger partial charge in [0, 0.05) is 13.0 Å². The number of rotatable bonds is 5. The molecule has 16 heavy (non-hydrogen) atoms. The molecule has 0 aromatic carbocycles. The van der Waals surface area contributed by atoms with Crippen LogP contribution in [0.2, 0.25) is 0 Å². The molecule has 2 heterocycles. The van der Waals surface area contributed by atoms with Crippen LogP contribution in [0.3, 0.4) is 0 Å². The normalized spacial score (nSPS) is 31.2. The van der Waals surface area contributed by atoms with Crippen LogP contribution in [0.5, 0.6) is 0 Å². The zero-order chi connectivity index (χ0) is 11.4. The highest BCUT2D eigenvalue weighted by atomic mass is 16.5. The first-order valence-corrected chi connectivity index (χ1v) is 6.50. The van der Waals surface area contributed by atoms with Crippen LogP contribution >= 0.6 is 0 Å². The minimum atomic E-state index is 0.264. The molecule has 0 bridgehead atoms. The van der Waals surface area contributed by atoms with Gasteiger partial charge < -0.3 is 14.8 Å². The summed E-state index contributed by atoms with van der Waals surface area (Å²) in [5.74, 6) is 1.73. The summed E-state index contributed by atoms with van der Waals surface area (Å²) in [6.07, 6.45) is 5.85. The quantitative estimate of drug-likeness (QED) is 0.777. The lowest BCUT2D eigenvalue weighted by molar-refractivity contribution is 0.0520. The molecule has 0 radical (unpaired) electrons. The number of hydrogen-bond acceptors (Lipinski definition) is 3. The summed E-state index contributed by atoms with van der Waals surface area (Å²) < 4.78 is 11.5. The Kier molecular flexibility index (Phi) is 4.24. The molecule has 1 saturated heterocycles. The lowest BCUT2D eigenvalue weighted by atomic mass is 9.96. The zero-order valence-corrected chi connectivity index (χ0v) is 10.4. The number of nitrogens with one attached hydrogen (secondary N) is 1. The first-order valence-electron chi connectivity index (χ1n) is 6.50. The van der Waals surface area contributed by atoms with E-state index >= 15 is 0 Å². The van der Waals surface area contributed by atoms with Crippen LogP contribution in [0.25, 0.3) is 0 Å². The maximum Gasteiger partial charge on any atom is 0.112 e. The maximum absolute atomic E-state index is 5.85. The minimum Gasteiger partial charge on any atom is -0.496 e. The summed E-state index contributed by atoms with van der Waals surface area (Å²) in [4.78, 5) is 0. The van der Waals surface area contributed by atoms with Crippen molar-refractivity contribution in [1.82, 2.24) is 5.32 Å². The molecular formula is C13H23NO2. The molecule has 2 aliphatic rings. The zero-order valence-electron chi connectivity index (χ0n) is 10.4. The minimum absolute atomic E-state index is 0.264. The fourth-order valence-electron chi connectivity index (χ4n) is 2.48. The van der Waals surface area contributed by atoms with Crippen molar-refractivity contribution < 1.29 is 9.47 Å². The van der Waals surface area contributed by atoms with E-state index in [9.17, 15) is 0 Å². The summed E-state index contributed by atoms with van der Waals surface area (Å²) in [5, 5.41) is 3.57. The van der Waals surface area contributed by atoms with Gasteiger partial charge >= 0.3 is 0 Å². The highest BCUT2D eigenvalue weighted by molar-refractivity contribution is 5.11. The fourth-order valence-corrected chi connectivity index (χ4v) is 2.48. The molecule has 0 aliphatic carbocycles. The van der Waals surface area contributed by atoms with Crippen molar-refractivity contribution in [3.63, 3.8) is 0 Å². The summed E-state index contributed by atoms with van der Waals surface area (Å²) in [5.41, 5.74) is 0. The number of hydrogen-bond donors (Lipinski definition) is 1.